The first-order valence-corrected chi connectivity index (χ1v) is 8.73. The van der Waals surface area contributed by atoms with Gasteiger partial charge in [0.05, 0.1) is 0 Å². The molecule has 4 rings (SSSR count). The Bertz CT molecular complexity index is 563. The molecule has 0 unspecified atom stereocenters. The number of nitrogens with one attached hydrogen (secondary N) is 1. The van der Waals surface area contributed by atoms with Crippen LogP contribution in [-0.4, -0.2) is 6.54 Å². The summed E-state index contributed by atoms with van der Waals surface area (Å²) in [5.74, 6) is 0. The van der Waals surface area contributed by atoms with Gasteiger partial charge in [-0.25, -0.2) is 0 Å². The van der Waals surface area contributed by atoms with Gasteiger partial charge in [-0.15, -0.1) is 0 Å². The largest absolute Gasteiger partial charge is 0.385 e. The number of benzene rings is 2. The first-order valence-electron chi connectivity index (χ1n) is 8.73. The fourth-order valence-electron chi connectivity index (χ4n) is 3.12. The van der Waals surface area contributed by atoms with Crippen molar-refractivity contribution < 1.29 is 0 Å². The Kier molecular flexibility index (Phi) is 6.51. The molecule has 22 heavy (non-hydrogen) atoms. The highest BCUT2D eigenvalue weighted by atomic mass is 14.9. The highest BCUT2D eigenvalue weighted by Gasteiger charge is 2.07. The van der Waals surface area contributed by atoms with Gasteiger partial charge in [0.15, 0.2) is 0 Å². The van der Waals surface area contributed by atoms with E-state index >= 15 is 0 Å². The number of hydrogen-bond acceptors (Lipinski definition) is 1. The maximum atomic E-state index is 3.39. The monoisotopic (exact) mass is 295 g/mol. The van der Waals surface area contributed by atoms with Crippen LogP contribution in [0, 0.1) is 6.92 Å². The van der Waals surface area contributed by atoms with Crippen molar-refractivity contribution >= 4 is 5.69 Å². The molecule has 1 heteroatoms. The molecule has 1 nitrogen and oxygen atoms in total. The van der Waals surface area contributed by atoms with Gasteiger partial charge in [-0.1, -0.05) is 55.8 Å². The Morgan fingerprint density at radius 1 is 0.773 bits per heavy atom. The summed E-state index contributed by atoms with van der Waals surface area (Å²) in [4.78, 5) is 0. The molecular weight excluding hydrogens is 266 g/mol. The van der Waals surface area contributed by atoms with Crippen molar-refractivity contribution in [1.29, 1.82) is 0 Å². The summed E-state index contributed by atoms with van der Waals surface area (Å²) in [6.45, 7) is 7.28. The number of anilines is 1. The minimum atomic E-state index is 1.13. The number of hydrogen-bond donors (Lipinski definition) is 1. The van der Waals surface area contributed by atoms with Crippen LogP contribution >= 0.6 is 0 Å². The van der Waals surface area contributed by atoms with Crippen molar-refractivity contribution in [2.45, 2.75) is 52.9 Å². The molecule has 0 atom stereocenters. The first kappa shape index (κ1) is 16.6. The van der Waals surface area contributed by atoms with E-state index in [1.54, 1.807) is 11.1 Å². The van der Waals surface area contributed by atoms with E-state index in [0.717, 1.165) is 6.54 Å². The fourth-order valence-corrected chi connectivity index (χ4v) is 3.12. The predicted octanol–water partition coefficient (Wildman–Crippen LogP) is 5.55. The lowest BCUT2D eigenvalue weighted by Gasteiger charge is -2.17. The molecule has 1 aliphatic heterocycles. The maximum absolute atomic E-state index is 3.39. The zero-order valence-electron chi connectivity index (χ0n) is 14.3. The van der Waals surface area contributed by atoms with Crippen molar-refractivity contribution in [1.82, 2.24) is 0 Å². The molecule has 0 aromatic heterocycles. The van der Waals surface area contributed by atoms with E-state index in [9.17, 15) is 0 Å². The van der Waals surface area contributed by atoms with Gasteiger partial charge >= 0.3 is 0 Å². The van der Waals surface area contributed by atoms with E-state index in [1.807, 2.05) is 13.8 Å². The molecule has 1 heterocycles. The second-order valence-electron chi connectivity index (χ2n) is 5.81. The highest BCUT2D eigenvalue weighted by Crippen LogP contribution is 2.22. The third-order valence-electron chi connectivity index (χ3n) is 4.21. The molecule has 0 saturated heterocycles. The summed E-state index contributed by atoms with van der Waals surface area (Å²) in [6.07, 6.45) is 6.48. The van der Waals surface area contributed by atoms with Crippen molar-refractivity contribution in [3.05, 3.63) is 64.7 Å². The molecule has 1 N–H and O–H groups in total. The fraction of sp³-hybridized carbons (Fsp3) is 0.429. The molecule has 2 aromatic rings. The molecule has 0 spiro atoms. The van der Waals surface area contributed by atoms with Crippen LogP contribution in [-0.2, 0) is 19.3 Å². The Labute approximate surface area is 135 Å². The van der Waals surface area contributed by atoms with E-state index in [4.69, 9.17) is 0 Å². The van der Waals surface area contributed by atoms with Crippen molar-refractivity contribution in [2.75, 3.05) is 11.9 Å². The minimum Gasteiger partial charge on any atom is -0.385 e. The van der Waals surface area contributed by atoms with Gasteiger partial charge < -0.3 is 5.32 Å². The molecule has 0 amide bonds. The first-order chi connectivity index (χ1) is 10.8. The highest BCUT2D eigenvalue weighted by molar-refractivity contribution is 5.54. The van der Waals surface area contributed by atoms with Crippen molar-refractivity contribution in [3.8, 4) is 0 Å². The topological polar surface area (TPSA) is 12.0 Å². The zero-order chi connectivity index (χ0) is 15.8. The minimum absolute atomic E-state index is 1.13. The molecule has 0 saturated carbocycles. The molecular formula is C21H29N. The number of rotatable bonds is 0. The van der Waals surface area contributed by atoms with E-state index in [2.05, 4.69) is 54.7 Å². The Balaban J connectivity index is 0.000000146. The maximum Gasteiger partial charge on any atom is 0.0372 e. The average Bonchev–Trinajstić information content (AvgIpc) is 3.06. The van der Waals surface area contributed by atoms with Crippen LogP contribution < -0.4 is 5.32 Å². The quantitative estimate of drug-likeness (QED) is 0.671. The van der Waals surface area contributed by atoms with E-state index in [-0.39, 0.29) is 0 Å². The lowest BCUT2D eigenvalue weighted by atomic mass is 10.0. The second-order valence-corrected chi connectivity index (χ2v) is 5.81. The lowest BCUT2D eigenvalue weighted by Crippen LogP contribution is -2.11. The molecule has 0 bridgehead atoms. The Hall–Kier alpha value is -1.76. The van der Waals surface area contributed by atoms with E-state index in [0.29, 0.717) is 0 Å². The van der Waals surface area contributed by atoms with E-state index < -0.39 is 0 Å². The zero-order valence-corrected chi connectivity index (χ0v) is 14.3. The summed E-state index contributed by atoms with van der Waals surface area (Å²) >= 11 is 0. The predicted molar refractivity (Wildman–Crippen MR) is 97.8 cm³/mol. The lowest BCUT2D eigenvalue weighted by molar-refractivity contribution is 0.829. The van der Waals surface area contributed by atoms with Crippen LogP contribution in [0.2, 0.25) is 0 Å². The summed E-state index contributed by atoms with van der Waals surface area (Å²) in [6, 6.07) is 15.4. The molecule has 118 valence electrons. The van der Waals surface area contributed by atoms with Gasteiger partial charge in [-0.3, -0.25) is 0 Å². The standard InChI is InChI=1S/C10H13N.C9H10.C2H6/c1-8-4-5-10-9(7-8)3-2-6-11-10;1-2-5-9-7-3-6-8(9)4-1;1-2/h4-5,7,11H,2-3,6H2,1H3;1-2,4-5H,3,6-7H2;1-2H3. The molecule has 0 radical (unpaired) electrons. The second kappa shape index (κ2) is 8.63. The summed E-state index contributed by atoms with van der Waals surface area (Å²) in [5.41, 5.74) is 7.32. The van der Waals surface area contributed by atoms with Crippen LogP contribution in [0.25, 0.3) is 0 Å². The van der Waals surface area contributed by atoms with Crippen LogP contribution in [0.3, 0.4) is 0 Å². The normalized spacial score (nSPS) is 14.3. The van der Waals surface area contributed by atoms with Crippen molar-refractivity contribution in [3.63, 3.8) is 0 Å². The third kappa shape index (κ3) is 4.37. The molecule has 2 aliphatic rings. The van der Waals surface area contributed by atoms with Crippen LogP contribution in [0.5, 0.6) is 0 Å². The Morgan fingerprint density at radius 3 is 2.09 bits per heavy atom. The van der Waals surface area contributed by atoms with Gasteiger partial charge in [0, 0.05) is 12.2 Å². The SMILES string of the molecule is CC.Cc1ccc2c(c1)CCCN2.c1ccc2c(c1)CCC2. The van der Waals surface area contributed by atoms with Gasteiger partial charge in [-0.2, -0.15) is 0 Å². The number of fused-ring (bicyclic) bond motifs is 2. The smallest absolute Gasteiger partial charge is 0.0372 e. The van der Waals surface area contributed by atoms with Crippen LogP contribution in [0.15, 0.2) is 42.5 Å². The van der Waals surface area contributed by atoms with Crippen LogP contribution in [0.1, 0.15) is 48.9 Å². The van der Waals surface area contributed by atoms with E-state index in [1.165, 1.54) is 48.9 Å². The van der Waals surface area contributed by atoms with Gasteiger partial charge in [-0.05, 0) is 61.8 Å². The van der Waals surface area contributed by atoms with Gasteiger partial charge in [0.2, 0.25) is 0 Å². The molecule has 2 aromatic carbocycles. The van der Waals surface area contributed by atoms with Crippen molar-refractivity contribution in [2.24, 2.45) is 0 Å². The summed E-state index contributed by atoms with van der Waals surface area (Å²) in [5, 5.41) is 3.39. The number of aryl methyl sites for hydroxylation is 4. The van der Waals surface area contributed by atoms with Gasteiger partial charge in [0.1, 0.15) is 0 Å². The molecule has 0 fully saturated rings. The summed E-state index contributed by atoms with van der Waals surface area (Å²) < 4.78 is 0. The Morgan fingerprint density at radius 2 is 1.41 bits per heavy atom. The average molecular weight is 295 g/mol. The van der Waals surface area contributed by atoms with Crippen LogP contribution in [0.4, 0.5) is 5.69 Å². The molecule has 1 aliphatic carbocycles. The third-order valence-corrected chi connectivity index (χ3v) is 4.21. The summed E-state index contributed by atoms with van der Waals surface area (Å²) in [7, 11) is 0. The van der Waals surface area contributed by atoms with Gasteiger partial charge in [0.25, 0.3) is 0 Å².